The van der Waals surface area contributed by atoms with Gasteiger partial charge in [0.1, 0.15) is 5.75 Å². The van der Waals surface area contributed by atoms with E-state index in [0.29, 0.717) is 17.3 Å². The van der Waals surface area contributed by atoms with Crippen LogP contribution in [0.3, 0.4) is 0 Å². The number of benzene rings is 2. The van der Waals surface area contributed by atoms with Crippen LogP contribution in [0.5, 0.6) is 5.75 Å². The predicted octanol–water partition coefficient (Wildman–Crippen LogP) is 3.14. The molecule has 27 heavy (non-hydrogen) atoms. The molecule has 6 heteroatoms. The van der Waals surface area contributed by atoms with Crippen LogP contribution in [0.4, 0.5) is 5.69 Å². The maximum absolute atomic E-state index is 12.5. The molecule has 2 aliphatic heterocycles. The van der Waals surface area contributed by atoms with Crippen LogP contribution in [0.25, 0.3) is 0 Å². The van der Waals surface area contributed by atoms with Gasteiger partial charge in [0.2, 0.25) is 0 Å². The zero-order chi connectivity index (χ0) is 18.6. The van der Waals surface area contributed by atoms with E-state index in [2.05, 4.69) is 17.0 Å². The third-order valence-electron chi connectivity index (χ3n) is 5.03. The van der Waals surface area contributed by atoms with Gasteiger partial charge in [-0.15, -0.1) is 0 Å². The molecule has 2 aliphatic rings. The summed E-state index contributed by atoms with van der Waals surface area (Å²) < 4.78 is 11.1. The quantitative estimate of drug-likeness (QED) is 0.791. The normalized spacial score (nSPS) is 17.0. The van der Waals surface area contributed by atoms with Crippen LogP contribution in [0, 0.1) is 0 Å². The van der Waals surface area contributed by atoms with E-state index in [0.717, 1.165) is 50.5 Å². The summed E-state index contributed by atoms with van der Waals surface area (Å²) in [5.41, 5.74) is 3.29. The van der Waals surface area contributed by atoms with Gasteiger partial charge in [-0.2, -0.15) is 0 Å². The fraction of sp³-hybridized carbons (Fsp3) is 0.381. The van der Waals surface area contributed by atoms with Crippen LogP contribution >= 0.6 is 11.6 Å². The largest absolute Gasteiger partial charge is 0.484 e. The van der Waals surface area contributed by atoms with E-state index in [1.165, 1.54) is 5.56 Å². The number of ether oxygens (including phenoxy) is 2. The van der Waals surface area contributed by atoms with E-state index in [4.69, 9.17) is 21.1 Å². The van der Waals surface area contributed by atoms with Crippen molar-refractivity contribution in [3.05, 3.63) is 58.6 Å². The lowest BCUT2D eigenvalue weighted by Gasteiger charge is -2.26. The number of anilines is 1. The minimum Gasteiger partial charge on any atom is -0.484 e. The van der Waals surface area contributed by atoms with Crippen molar-refractivity contribution in [2.45, 2.75) is 13.0 Å². The molecule has 0 spiro atoms. The summed E-state index contributed by atoms with van der Waals surface area (Å²) in [6.07, 6.45) is 0.831. The molecule has 0 aliphatic carbocycles. The average Bonchev–Trinajstić information content (AvgIpc) is 3.11. The number of halogens is 1. The number of rotatable bonds is 5. The predicted molar refractivity (Wildman–Crippen MR) is 106 cm³/mol. The molecule has 1 saturated heterocycles. The Hall–Kier alpha value is -2.08. The van der Waals surface area contributed by atoms with Gasteiger partial charge in [0, 0.05) is 36.9 Å². The number of morpholine rings is 1. The SMILES string of the molecule is O=C(COc1ccc(CN2CCOCC2)cc1)N1CCc2cc(Cl)ccc21. The lowest BCUT2D eigenvalue weighted by Crippen LogP contribution is -2.35. The first-order chi connectivity index (χ1) is 13.2. The maximum Gasteiger partial charge on any atom is 0.264 e. The van der Waals surface area contributed by atoms with Crippen molar-refractivity contribution in [3.63, 3.8) is 0 Å². The number of nitrogens with zero attached hydrogens (tertiary/aromatic N) is 2. The minimum atomic E-state index is -0.0338. The van der Waals surface area contributed by atoms with Gasteiger partial charge in [-0.1, -0.05) is 23.7 Å². The van der Waals surface area contributed by atoms with E-state index in [1.807, 2.05) is 30.3 Å². The van der Waals surface area contributed by atoms with Gasteiger partial charge in [-0.3, -0.25) is 9.69 Å². The summed E-state index contributed by atoms with van der Waals surface area (Å²) in [6.45, 7) is 5.16. The highest BCUT2D eigenvalue weighted by Crippen LogP contribution is 2.30. The fourth-order valence-electron chi connectivity index (χ4n) is 3.56. The molecule has 1 fully saturated rings. The van der Waals surface area contributed by atoms with Gasteiger partial charge in [0.25, 0.3) is 5.91 Å². The smallest absolute Gasteiger partial charge is 0.264 e. The molecule has 0 radical (unpaired) electrons. The second-order valence-electron chi connectivity index (χ2n) is 6.89. The Morgan fingerprint density at radius 1 is 1.07 bits per heavy atom. The van der Waals surface area contributed by atoms with E-state index in [9.17, 15) is 4.79 Å². The van der Waals surface area contributed by atoms with Crippen LogP contribution in [0.1, 0.15) is 11.1 Å². The zero-order valence-corrected chi connectivity index (χ0v) is 16.0. The van der Waals surface area contributed by atoms with Gasteiger partial charge in [-0.05, 0) is 47.9 Å². The highest BCUT2D eigenvalue weighted by atomic mass is 35.5. The van der Waals surface area contributed by atoms with E-state index >= 15 is 0 Å². The zero-order valence-electron chi connectivity index (χ0n) is 15.2. The monoisotopic (exact) mass is 386 g/mol. The Morgan fingerprint density at radius 2 is 1.85 bits per heavy atom. The lowest BCUT2D eigenvalue weighted by atomic mass is 10.2. The number of carbonyl (C=O) groups excluding carboxylic acids is 1. The molecule has 0 bridgehead atoms. The number of hydrogen-bond acceptors (Lipinski definition) is 4. The third kappa shape index (κ3) is 4.43. The Labute approximate surface area is 164 Å². The van der Waals surface area contributed by atoms with Crippen LogP contribution < -0.4 is 9.64 Å². The molecule has 0 N–H and O–H groups in total. The van der Waals surface area contributed by atoms with Crippen molar-refractivity contribution in [1.82, 2.24) is 4.90 Å². The van der Waals surface area contributed by atoms with Gasteiger partial charge in [0.15, 0.2) is 6.61 Å². The Morgan fingerprint density at radius 3 is 2.63 bits per heavy atom. The molecule has 1 amide bonds. The topological polar surface area (TPSA) is 42.0 Å². The van der Waals surface area contributed by atoms with Crippen molar-refractivity contribution in [3.8, 4) is 5.75 Å². The van der Waals surface area contributed by atoms with Crippen molar-refractivity contribution in [1.29, 1.82) is 0 Å². The van der Waals surface area contributed by atoms with Gasteiger partial charge in [0.05, 0.1) is 13.2 Å². The number of carbonyl (C=O) groups is 1. The summed E-state index contributed by atoms with van der Waals surface area (Å²) in [5, 5.41) is 0.705. The second kappa shape index (κ2) is 8.30. The molecular formula is C21H23ClN2O3. The number of amides is 1. The van der Waals surface area contributed by atoms with Crippen LogP contribution in [-0.4, -0.2) is 50.3 Å². The number of fused-ring (bicyclic) bond motifs is 1. The van der Waals surface area contributed by atoms with Crippen molar-refractivity contribution in [2.24, 2.45) is 0 Å². The highest BCUT2D eigenvalue weighted by Gasteiger charge is 2.25. The number of hydrogen-bond donors (Lipinski definition) is 0. The first-order valence-corrected chi connectivity index (χ1v) is 9.67. The molecule has 5 nitrogen and oxygen atoms in total. The van der Waals surface area contributed by atoms with Gasteiger partial charge >= 0.3 is 0 Å². The maximum atomic E-state index is 12.5. The first-order valence-electron chi connectivity index (χ1n) is 9.30. The Balaban J connectivity index is 1.31. The molecule has 2 heterocycles. The van der Waals surface area contributed by atoms with Crippen molar-refractivity contribution >= 4 is 23.2 Å². The molecule has 0 atom stereocenters. The standard InChI is InChI=1S/C21H23ClN2O3/c22-18-3-6-20-17(13-18)7-8-24(20)21(25)15-27-19-4-1-16(2-5-19)14-23-9-11-26-12-10-23/h1-6,13H,7-12,14-15H2. The fourth-order valence-corrected chi connectivity index (χ4v) is 3.76. The summed E-state index contributed by atoms with van der Waals surface area (Å²) in [4.78, 5) is 16.7. The molecule has 4 rings (SSSR count). The lowest BCUT2D eigenvalue weighted by molar-refractivity contribution is -0.120. The van der Waals surface area contributed by atoms with Gasteiger partial charge in [-0.25, -0.2) is 0 Å². The highest BCUT2D eigenvalue weighted by molar-refractivity contribution is 6.30. The molecular weight excluding hydrogens is 364 g/mol. The molecule has 0 unspecified atom stereocenters. The first kappa shape index (κ1) is 18.3. The summed E-state index contributed by atoms with van der Waals surface area (Å²) >= 11 is 6.03. The summed E-state index contributed by atoms with van der Waals surface area (Å²) in [5.74, 6) is 0.679. The Kier molecular flexibility index (Phi) is 5.62. The molecule has 2 aromatic carbocycles. The van der Waals surface area contributed by atoms with Crippen molar-refractivity contribution in [2.75, 3.05) is 44.4 Å². The summed E-state index contributed by atoms with van der Waals surface area (Å²) in [6, 6.07) is 13.6. The van der Waals surface area contributed by atoms with E-state index in [-0.39, 0.29) is 12.5 Å². The van der Waals surface area contributed by atoms with Crippen LogP contribution in [0.15, 0.2) is 42.5 Å². The molecule has 0 saturated carbocycles. The van der Waals surface area contributed by atoms with Crippen LogP contribution in [-0.2, 0) is 22.5 Å². The third-order valence-corrected chi connectivity index (χ3v) is 5.27. The van der Waals surface area contributed by atoms with E-state index in [1.54, 1.807) is 4.90 Å². The second-order valence-corrected chi connectivity index (χ2v) is 7.33. The minimum absolute atomic E-state index is 0.0326. The molecule has 2 aromatic rings. The van der Waals surface area contributed by atoms with Crippen molar-refractivity contribution < 1.29 is 14.3 Å². The van der Waals surface area contributed by atoms with E-state index < -0.39 is 0 Å². The Bertz CT molecular complexity index is 804. The molecule has 142 valence electrons. The molecule has 0 aromatic heterocycles. The average molecular weight is 387 g/mol. The van der Waals surface area contributed by atoms with Gasteiger partial charge < -0.3 is 14.4 Å². The van der Waals surface area contributed by atoms with Crippen LogP contribution in [0.2, 0.25) is 5.02 Å². The summed E-state index contributed by atoms with van der Waals surface area (Å²) in [7, 11) is 0.